The molecule has 0 saturated carbocycles. The zero-order valence-corrected chi connectivity index (χ0v) is 16.9. The van der Waals surface area contributed by atoms with Gasteiger partial charge in [0.15, 0.2) is 16.0 Å². The molecule has 1 aromatic carbocycles. The van der Waals surface area contributed by atoms with Gasteiger partial charge in [-0.3, -0.25) is 10.1 Å². The maximum atomic E-state index is 12.4. The molecule has 0 unspecified atom stereocenters. The van der Waals surface area contributed by atoms with Crippen LogP contribution in [0.2, 0.25) is 0 Å². The highest BCUT2D eigenvalue weighted by molar-refractivity contribution is 14.1. The van der Waals surface area contributed by atoms with E-state index in [0.717, 1.165) is 14.8 Å². The molecule has 0 spiro atoms. The number of amides is 1. The molecule has 0 fully saturated rings. The van der Waals surface area contributed by atoms with Crippen molar-refractivity contribution in [1.29, 1.82) is 0 Å². The highest BCUT2D eigenvalue weighted by Crippen LogP contribution is 2.26. The Labute approximate surface area is 170 Å². The van der Waals surface area contributed by atoms with E-state index in [-0.39, 0.29) is 5.91 Å². The fourth-order valence-corrected chi connectivity index (χ4v) is 3.95. The summed E-state index contributed by atoms with van der Waals surface area (Å²) in [7, 11) is 0. The van der Waals surface area contributed by atoms with Crippen LogP contribution in [0.3, 0.4) is 0 Å². The number of nitrogens with zero attached hydrogens (tertiary/aromatic N) is 4. The minimum absolute atomic E-state index is 0.299. The van der Waals surface area contributed by atoms with Crippen LogP contribution in [-0.2, 0) is 0 Å². The molecule has 128 valence electrons. The van der Waals surface area contributed by atoms with Crippen LogP contribution in [0.4, 0.5) is 5.13 Å². The van der Waals surface area contributed by atoms with Crippen LogP contribution in [0.1, 0.15) is 10.5 Å². The van der Waals surface area contributed by atoms with Crippen molar-refractivity contribution in [2.75, 3.05) is 5.32 Å². The van der Waals surface area contributed by atoms with Crippen molar-refractivity contribution in [3.63, 3.8) is 0 Å². The quantitative estimate of drug-likeness (QED) is 0.423. The van der Waals surface area contributed by atoms with E-state index < -0.39 is 0 Å². The van der Waals surface area contributed by atoms with Gasteiger partial charge in [0.1, 0.15) is 5.69 Å². The highest BCUT2D eigenvalue weighted by Gasteiger charge is 2.15. The fraction of sp³-hybridized carbons (Fsp3) is 0. The molecule has 0 radical (unpaired) electrons. The number of halogens is 1. The predicted octanol–water partition coefficient (Wildman–Crippen LogP) is 4.58. The number of nitrogens with one attached hydrogen (secondary N) is 1. The summed E-state index contributed by atoms with van der Waals surface area (Å²) in [4.78, 5) is 29.5. The molecule has 1 N–H and O–H groups in total. The number of carbonyl (C=O) groups excluding carboxylic acids is 1. The van der Waals surface area contributed by atoms with Crippen LogP contribution in [0, 0.1) is 3.57 Å². The van der Waals surface area contributed by atoms with Gasteiger partial charge in [0, 0.05) is 32.3 Å². The van der Waals surface area contributed by atoms with Gasteiger partial charge >= 0.3 is 0 Å². The zero-order chi connectivity index (χ0) is 17.9. The van der Waals surface area contributed by atoms with Gasteiger partial charge in [-0.25, -0.2) is 19.9 Å². The van der Waals surface area contributed by atoms with Crippen molar-refractivity contribution < 1.29 is 4.79 Å². The van der Waals surface area contributed by atoms with Crippen LogP contribution in [-0.4, -0.2) is 25.8 Å². The number of thiazole rings is 2. The molecule has 3 heterocycles. The maximum Gasteiger partial charge on any atom is 0.276 e. The summed E-state index contributed by atoms with van der Waals surface area (Å²) in [6, 6.07) is 9.80. The molecule has 6 nitrogen and oxygen atoms in total. The molecule has 0 saturated heterocycles. The average Bonchev–Trinajstić information content (AvgIpc) is 3.33. The van der Waals surface area contributed by atoms with Gasteiger partial charge in [-0.2, -0.15) is 0 Å². The number of aromatic nitrogens is 4. The maximum absolute atomic E-state index is 12.4. The van der Waals surface area contributed by atoms with Gasteiger partial charge in [0.25, 0.3) is 5.91 Å². The number of carbonyl (C=O) groups is 1. The van der Waals surface area contributed by atoms with Gasteiger partial charge in [0.2, 0.25) is 0 Å². The Bertz CT molecular complexity index is 1050. The van der Waals surface area contributed by atoms with Crippen molar-refractivity contribution in [2.45, 2.75) is 0 Å². The van der Waals surface area contributed by atoms with E-state index in [1.807, 2.05) is 29.6 Å². The Balaban J connectivity index is 1.49. The van der Waals surface area contributed by atoms with Gasteiger partial charge in [0.05, 0.1) is 5.69 Å². The lowest BCUT2D eigenvalue weighted by Gasteiger charge is -1.98. The Morgan fingerprint density at radius 3 is 2.54 bits per heavy atom. The number of anilines is 1. The Morgan fingerprint density at radius 2 is 1.77 bits per heavy atom. The van der Waals surface area contributed by atoms with Gasteiger partial charge < -0.3 is 0 Å². The van der Waals surface area contributed by atoms with E-state index in [0.29, 0.717) is 21.7 Å². The molecule has 0 aliphatic rings. The first kappa shape index (κ1) is 17.2. The standard InChI is InChI=1S/C17H10IN5OS2/c18-11-4-2-10(3-5-11)12-8-26-17(22-12)23-15(24)13-9-25-16(21-13)14-19-6-1-7-20-14/h1-9H,(H,22,23,24). The van der Waals surface area contributed by atoms with E-state index in [1.165, 1.54) is 22.7 Å². The van der Waals surface area contributed by atoms with Crippen LogP contribution in [0.5, 0.6) is 0 Å². The fourth-order valence-electron chi connectivity index (χ4n) is 2.14. The summed E-state index contributed by atoms with van der Waals surface area (Å²) in [6.07, 6.45) is 3.29. The monoisotopic (exact) mass is 491 g/mol. The van der Waals surface area contributed by atoms with Gasteiger partial charge in [-0.1, -0.05) is 12.1 Å². The van der Waals surface area contributed by atoms with Crippen molar-refractivity contribution >= 4 is 56.3 Å². The summed E-state index contributed by atoms with van der Waals surface area (Å²) >= 11 is 4.97. The van der Waals surface area contributed by atoms with Crippen LogP contribution >= 0.6 is 45.3 Å². The van der Waals surface area contributed by atoms with E-state index in [1.54, 1.807) is 23.8 Å². The summed E-state index contributed by atoms with van der Waals surface area (Å²) in [6.45, 7) is 0. The van der Waals surface area contributed by atoms with Crippen LogP contribution < -0.4 is 5.32 Å². The minimum atomic E-state index is -0.299. The Kier molecular flexibility index (Phi) is 5.00. The van der Waals surface area contributed by atoms with Crippen molar-refractivity contribution in [1.82, 2.24) is 19.9 Å². The Hall–Kier alpha value is -2.24. The van der Waals surface area contributed by atoms with Gasteiger partial charge in [-0.05, 0) is 40.8 Å². The van der Waals surface area contributed by atoms with Gasteiger partial charge in [-0.15, -0.1) is 22.7 Å². The lowest BCUT2D eigenvalue weighted by atomic mass is 10.2. The SMILES string of the molecule is O=C(Nc1nc(-c2ccc(I)cc2)cs1)c1csc(-c2ncccn2)n1. The first-order chi connectivity index (χ1) is 12.7. The van der Waals surface area contributed by atoms with E-state index in [4.69, 9.17) is 0 Å². The Morgan fingerprint density at radius 1 is 1.00 bits per heavy atom. The summed E-state index contributed by atoms with van der Waals surface area (Å²) in [5, 5.41) is 7.54. The molecule has 4 rings (SSSR count). The molecule has 0 bridgehead atoms. The lowest BCUT2D eigenvalue weighted by Crippen LogP contribution is -2.12. The molecule has 0 aliphatic heterocycles. The molecule has 9 heteroatoms. The van der Waals surface area contributed by atoms with E-state index >= 15 is 0 Å². The van der Waals surface area contributed by atoms with Crippen molar-refractivity contribution in [2.24, 2.45) is 0 Å². The molecule has 26 heavy (non-hydrogen) atoms. The molecule has 3 aromatic heterocycles. The number of rotatable bonds is 4. The molecule has 1 amide bonds. The molecular formula is C17H10IN5OS2. The predicted molar refractivity (Wildman–Crippen MR) is 111 cm³/mol. The first-order valence-corrected chi connectivity index (χ1v) is 10.3. The van der Waals surface area contributed by atoms with Crippen molar-refractivity contribution in [3.05, 3.63) is 62.7 Å². The smallest absolute Gasteiger partial charge is 0.276 e. The molecule has 0 aliphatic carbocycles. The first-order valence-electron chi connectivity index (χ1n) is 7.45. The van der Waals surface area contributed by atoms with E-state index in [9.17, 15) is 4.79 Å². The van der Waals surface area contributed by atoms with Crippen molar-refractivity contribution in [3.8, 4) is 22.1 Å². The van der Waals surface area contributed by atoms with Crippen LogP contribution in [0.25, 0.3) is 22.1 Å². The summed E-state index contributed by atoms with van der Waals surface area (Å²) < 4.78 is 1.16. The highest BCUT2D eigenvalue weighted by atomic mass is 127. The van der Waals surface area contributed by atoms with Crippen LogP contribution in [0.15, 0.2) is 53.5 Å². The average molecular weight is 491 g/mol. The number of hydrogen-bond donors (Lipinski definition) is 1. The number of benzene rings is 1. The summed E-state index contributed by atoms with van der Waals surface area (Å²) in [5.74, 6) is 0.207. The zero-order valence-electron chi connectivity index (χ0n) is 13.1. The molecule has 0 atom stereocenters. The second-order valence-corrected chi connectivity index (χ2v) is 8.07. The molecular weight excluding hydrogens is 481 g/mol. The third kappa shape index (κ3) is 3.79. The minimum Gasteiger partial charge on any atom is -0.296 e. The third-order valence-electron chi connectivity index (χ3n) is 3.36. The summed E-state index contributed by atoms with van der Waals surface area (Å²) in [5.41, 5.74) is 2.17. The third-order valence-corrected chi connectivity index (χ3v) is 5.67. The number of hydrogen-bond acceptors (Lipinski definition) is 7. The molecule has 4 aromatic rings. The normalized spacial score (nSPS) is 10.7. The topological polar surface area (TPSA) is 80.7 Å². The lowest BCUT2D eigenvalue weighted by molar-refractivity contribution is 0.102. The van der Waals surface area contributed by atoms with E-state index in [2.05, 4.69) is 47.8 Å². The second-order valence-electron chi connectivity index (χ2n) is 5.11. The largest absolute Gasteiger partial charge is 0.296 e. The second kappa shape index (κ2) is 7.56.